The highest BCUT2D eigenvalue weighted by molar-refractivity contribution is 7.46. The highest BCUT2D eigenvalue weighted by Crippen LogP contribution is 2.35. The van der Waals surface area contributed by atoms with Crippen LogP contribution in [0, 0.1) is 5.82 Å². The molecule has 0 aliphatic heterocycles. The van der Waals surface area contributed by atoms with Gasteiger partial charge >= 0.3 is 13.9 Å². The zero-order valence-electron chi connectivity index (χ0n) is 24.3. The van der Waals surface area contributed by atoms with Gasteiger partial charge in [-0.15, -0.1) is 0 Å². The molecule has 234 valence electrons. The standard InChI is InChI=1S/C30H36FN6O6P/c1-2-37(16-18-43-44(39,40)41)15-4-17-42-26-11-12-27-28(20-26)33-21-34-29(27)32-14-13-22-7-9-24(10-8-22)35-30(38)36-25-6-3-5-23(31)19-25/h3,5-12,19-21H,2,4,13-18H2,1H3,(H,32,33,34)(H2,35,36,38)(H2,39,40,41). The number of amides is 2. The van der Waals surface area contributed by atoms with Gasteiger partial charge in [-0.2, -0.15) is 0 Å². The number of phosphoric ester groups is 1. The predicted octanol–water partition coefficient (Wildman–Crippen LogP) is 5.27. The number of hydrogen-bond acceptors (Lipinski definition) is 8. The fraction of sp³-hybridized carbons (Fsp3) is 0.300. The Morgan fingerprint density at radius 2 is 1.77 bits per heavy atom. The second kappa shape index (κ2) is 16.1. The van der Waals surface area contributed by atoms with Crippen LogP contribution in [-0.2, 0) is 15.5 Å². The van der Waals surface area contributed by atoms with E-state index in [1.165, 1.54) is 24.5 Å². The largest absolute Gasteiger partial charge is 0.493 e. The molecular formula is C30H36FN6O6P. The first-order valence-electron chi connectivity index (χ1n) is 14.1. The van der Waals surface area contributed by atoms with Crippen molar-refractivity contribution in [1.82, 2.24) is 14.9 Å². The van der Waals surface area contributed by atoms with Crippen molar-refractivity contribution in [3.63, 3.8) is 0 Å². The molecule has 0 fully saturated rings. The van der Waals surface area contributed by atoms with Gasteiger partial charge in [-0.1, -0.05) is 25.1 Å². The van der Waals surface area contributed by atoms with Crippen LogP contribution in [-0.4, -0.2) is 70.1 Å². The van der Waals surface area contributed by atoms with Crippen molar-refractivity contribution >= 4 is 41.9 Å². The number of urea groups is 1. The lowest BCUT2D eigenvalue weighted by Gasteiger charge is -2.20. The van der Waals surface area contributed by atoms with E-state index in [9.17, 15) is 13.8 Å². The van der Waals surface area contributed by atoms with Gasteiger partial charge in [-0.25, -0.2) is 23.7 Å². The molecule has 1 heterocycles. The summed E-state index contributed by atoms with van der Waals surface area (Å²) in [6.45, 7) is 4.90. The Balaban J connectivity index is 1.21. The maximum absolute atomic E-state index is 13.3. The predicted molar refractivity (Wildman–Crippen MR) is 167 cm³/mol. The Morgan fingerprint density at radius 3 is 2.52 bits per heavy atom. The average molecular weight is 627 g/mol. The number of benzene rings is 3. The normalized spacial score (nSPS) is 11.5. The molecule has 0 spiro atoms. The van der Waals surface area contributed by atoms with E-state index >= 15 is 0 Å². The third-order valence-corrected chi connectivity index (χ3v) is 7.13. The molecule has 4 rings (SSSR count). The molecule has 0 bridgehead atoms. The van der Waals surface area contributed by atoms with Crippen LogP contribution in [0.15, 0.2) is 73.1 Å². The Bertz CT molecular complexity index is 1570. The van der Waals surface area contributed by atoms with E-state index < -0.39 is 19.7 Å². The SMILES string of the molecule is CCN(CCCOc1ccc2c(NCCc3ccc(NC(=O)Nc4cccc(F)c4)cc3)ncnc2c1)CCOP(=O)(O)O. The summed E-state index contributed by atoms with van der Waals surface area (Å²) in [5.74, 6) is 0.976. The van der Waals surface area contributed by atoms with Crippen LogP contribution in [0.5, 0.6) is 5.75 Å². The third kappa shape index (κ3) is 10.9. The number of ether oxygens (including phenoxy) is 1. The number of rotatable bonds is 16. The van der Waals surface area contributed by atoms with Crippen molar-refractivity contribution in [1.29, 1.82) is 0 Å². The van der Waals surface area contributed by atoms with Gasteiger partial charge < -0.3 is 35.4 Å². The summed E-state index contributed by atoms with van der Waals surface area (Å²) in [5, 5.41) is 9.56. The Labute approximate surface area is 254 Å². The Kier molecular flexibility index (Phi) is 12.0. The molecule has 0 aliphatic carbocycles. The summed E-state index contributed by atoms with van der Waals surface area (Å²) in [7, 11) is -4.45. The molecule has 0 unspecified atom stereocenters. The van der Waals surface area contributed by atoms with Crippen LogP contribution < -0.4 is 20.7 Å². The third-order valence-electron chi connectivity index (χ3n) is 6.61. The van der Waals surface area contributed by atoms with Gasteiger partial charge in [0.05, 0.1) is 18.7 Å². The monoisotopic (exact) mass is 626 g/mol. The minimum Gasteiger partial charge on any atom is -0.493 e. The van der Waals surface area contributed by atoms with E-state index in [1.807, 2.05) is 54.3 Å². The second-order valence-electron chi connectivity index (χ2n) is 9.82. The molecule has 2 amide bonds. The van der Waals surface area contributed by atoms with E-state index in [2.05, 4.69) is 30.4 Å². The number of nitrogens with zero attached hydrogens (tertiary/aromatic N) is 3. The molecule has 1 aromatic heterocycles. The summed E-state index contributed by atoms with van der Waals surface area (Å²) in [6, 6.07) is 18.4. The van der Waals surface area contributed by atoms with Crippen molar-refractivity contribution in [2.45, 2.75) is 19.8 Å². The average Bonchev–Trinajstić information content (AvgIpc) is 2.98. The molecule has 44 heavy (non-hydrogen) atoms. The van der Waals surface area contributed by atoms with E-state index in [4.69, 9.17) is 14.5 Å². The highest BCUT2D eigenvalue weighted by atomic mass is 31.2. The van der Waals surface area contributed by atoms with Crippen LogP contribution in [0.3, 0.4) is 0 Å². The van der Waals surface area contributed by atoms with Crippen molar-refractivity contribution in [3.05, 3.63) is 84.4 Å². The molecule has 0 atom stereocenters. The van der Waals surface area contributed by atoms with Gasteiger partial charge in [-0.3, -0.25) is 4.52 Å². The Hall–Kier alpha value is -4.13. The number of likely N-dealkylation sites (N-methyl/N-ethyl adjacent to an activating group) is 1. The zero-order valence-corrected chi connectivity index (χ0v) is 25.2. The van der Waals surface area contributed by atoms with Gasteiger partial charge in [0.15, 0.2) is 0 Å². The molecule has 5 N–H and O–H groups in total. The maximum atomic E-state index is 13.3. The van der Waals surface area contributed by atoms with Gasteiger partial charge in [-0.05, 0) is 67.4 Å². The molecule has 3 aromatic carbocycles. The number of nitrogens with one attached hydrogen (secondary N) is 3. The minimum absolute atomic E-state index is 0.0377. The maximum Gasteiger partial charge on any atom is 0.469 e. The summed E-state index contributed by atoms with van der Waals surface area (Å²) >= 11 is 0. The molecule has 4 aromatic rings. The quantitative estimate of drug-likeness (QED) is 0.0820. The number of anilines is 3. The van der Waals surface area contributed by atoms with Crippen molar-refractivity contribution in [3.8, 4) is 5.75 Å². The van der Waals surface area contributed by atoms with Gasteiger partial charge in [0, 0.05) is 42.5 Å². The number of hydrogen-bond donors (Lipinski definition) is 5. The van der Waals surface area contributed by atoms with Gasteiger partial charge in [0.25, 0.3) is 0 Å². The molecular weight excluding hydrogens is 590 g/mol. The number of fused-ring (bicyclic) bond motifs is 1. The lowest BCUT2D eigenvalue weighted by molar-refractivity contribution is 0.159. The lowest BCUT2D eigenvalue weighted by atomic mass is 10.1. The first kappa shape index (κ1) is 32.8. The van der Waals surface area contributed by atoms with Crippen LogP contribution in [0.25, 0.3) is 10.9 Å². The smallest absolute Gasteiger partial charge is 0.469 e. The number of phosphoric acid groups is 1. The first-order chi connectivity index (χ1) is 21.2. The summed E-state index contributed by atoms with van der Waals surface area (Å²) in [5.41, 5.74) is 2.80. The van der Waals surface area contributed by atoms with Crippen LogP contribution in [0.4, 0.5) is 26.4 Å². The van der Waals surface area contributed by atoms with E-state index in [1.54, 1.807) is 6.07 Å². The summed E-state index contributed by atoms with van der Waals surface area (Å²) < 4.78 is 34.6. The molecule has 12 nitrogen and oxygen atoms in total. The number of halogens is 1. The summed E-state index contributed by atoms with van der Waals surface area (Å²) in [4.78, 5) is 40.6. The van der Waals surface area contributed by atoms with E-state index in [0.717, 1.165) is 35.9 Å². The van der Waals surface area contributed by atoms with Gasteiger partial charge in [0.1, 0.15) is 23.7 Å². The van der Waals surface area contributed by atoms with Crippen molar-refractivity contribution in [2.75, 3.05) is 55.3 Å². The fourth-order valence-corrected chi connectivity index (χ4v) is 4.72. The number of aromatic nitrogens is 2. The first-order valence-corrected chi connectivity index (χ1v) is 15.7. The molecule has 14 heteroatoms. The molecule has 0 saturated carbocycles. The van der Waals surface area contributed by atoms with Crippen LogP contribution in [0.1, 0.15) is 18.9 Å². The molecule has 0 saturated heterocycles. The van der Waals surface area contributed by atoms with Crippen molar-refractivity contribution in [2.24, 2.45) is 0 Å². The molecule has 0 radical (unpaired) electrons. The topological polar surface area (TPSA) is 158 Å². The van der Waals surface area contributed by atoms with E-state index in [0.29, 0.717) is 49.2 Å². The highest BCUT2D eigenvalue weighted by Gasteiger charge is 2.14. The Morgan fingerprint density at radius 1 is 0.977 bits per heavy atom. The second-order valence-corrected chi connectivity index (χ2v) is 11.1. The van der Waals surface area contributed by atoms with Crippen LogP contribution in [0.2, 0.25) is 0 Å². The summed E-state index contributed by atoms with van der Waals surface area (Å²) in [6.07, 6.45) is 2.96. The minimum atomic E-state index is -4.45. The number of carbonyl (C=O) groups excluding carboxylic acids is 1. The van der Waals surface area contributed by atoms with Gasteiger partial charge in [0.2, 0.25) is 0 Å². The number of carbonyl (C=O) groups is 1. The fourth-order valence-electron chi connectivity index (χ4n) is 4.40. The molecule has 0 aliphatic rings. The van der Waals surface area contributed by atoms with E-state index in [-0.39, 0.29) is 6.61 Å². The zero-order chi connectivity index (χ0) is 31.4. The lowest BCUT2D eigenvalue weighted by Crippen LogP contribution is -2.29. The van der Waals surface area contributed by atoms with Crippen LogP contribution >= 0.6 is 7.82 Å². The van der Waals surface area contributed by atoms with Crippen molar-refractivity contribution < 1.29 is 32.8 Å².